The van der Waals surface area contributed by atoms with Crippen LogP contribution in [0.25, 0.3) is 0 Å². The van der Waals surface area contributed by atoms with Crippen molar-refractivity contribution in [1.29, 1.82) is 0 Å². The van der Waals surface area contributed by atoms with Gasteiger partial charge in [-0.15, -0.1) is 0 Å². The molecule has 0 spiro atoms. The number of hydrogen-bond donors (Lipinski definition) is 1. The number of ketones is 1. The molecule has 0 unspecified atom stereocenters. The number of carboxylic acid groups (broad SMARTS) is 1. The fraction of sp³-hybridized carbons (Fsp3) is 0.357. The maximum atomic E-state index is 11.8. The van der Waals surface area contributed by atoms with Crippen molar-refractivity contribution in [2.24, 2.45) is 0 Å². The predicted molar refractivity (Wildman–Crippen MR) is 71.3 cm³/mol. The lowest BCUT2D eigenvalue weighted by Gasteiger charge is -2.26. The van der Waals surface area contributed by atoms with Crippen LogP contribution >= 0.6 is 0 Å². The van der Waals surface area contributed by atoms with Crippen molar-refractivity contribution in [2.45, 2.75) is 0 Å². The highest BCUT2D eigenvalue weighted by atomic mass is 16.5. The molecule has 7 heteroatoms. The van der Waals surface area contributed by atoms with Gasteiger partial charge < -0.3 is 19.5 Å². The van der Waals surface area contributed by atoms with Gasteiger partial charge >= 0.3 is 5.97 Å². The Balaban J connectivity index is 1.87. The van der Waals surface area contributed by atoms with E-state index in [-0.39, 0.29) is 18.1 Å². The summed E-state index contributed by atoms with van der Waals surface area (Å²) in [6.07, 6.45) is 0. The summed E-state index contributed by atoms with van der Waals surface area (Å²) >= 11 is 0. The Kier molecular flexibility index (Phi) is 4.89. The first kappa shape index (κ1) is 15.0. The molecule has 1 fully saturated rings. The van der Waals surface area contributed by atoms with Crippen LogP contribution in [0.2, 0.25) is 0 Å². The Morgan fingerprint density at radius 2 is 1.76 bits per heavy atom. The molecule has 1 saturated heterocycles. The average molecular weight is 293 g/mol. The van der Waals surface area contributed by atoms with E-state index in [4.69, 9.17) is 14.6 Å². The quantitative estimate of drug-likeness (QED) is 0.615. The summed E-state index contributed by atoms with van der Waals surface area (Å²) in [7, 11) is 0. The molecule has 112 valence electrons. The molecule has 2 rings (SSSR count). The van der Waals surface area contributed by atoms with Gasteiger partial charge in [0.2, 0.25) is 0 Å². The third-order valence-corrected chi connectivity index (χ3v) is 3.04. The minimum atomic E-state index is -1.51. The molecule has 7 nitrogen and oxygen atoms in total. The van der Waals surface area contributed by atoms with Gasteiger partial charge in [0.15, 0.2) is 6.61 Å². The van der Waals surface area contributed by atoms with Crippen LogP contribution in [0, 0.1) is 0 Å². The molecule has 0 bridgehead atoms. The fourth-order valence-corrected chi connectivity index (χ4v) is 1.88. The second-order valence-corrected chi connectivity index (χ2v) is 4.44. The molecular weight excluding hydrogens is 278 g/mol. The Hall–Kier alpha value is -2.41. The van der Waals surface area contributed by atoms with E-state index in [9.17, 15) is 14.4 Å². The van der Waals surface area contributed by atoms with Crippen molar-refractivity contribution in [3.05, 3.63) is 29.8 Å². The van der Waals surface area contributed by atoms with E-state index >= 15 is 0 Å². The van der Waals surface area contributed by atoms with E-state index in [0.717, 1.165) is 0 Å². The van der Waals surface area contributed by atoms with Crippen molar-refractivity contribution in [2.75, 3.05) is 32.9 Å². The molecule has 0 radical (unpaired) electrons. The zero-order valence-corrected chi connectivity index (χ0v) is 11.3. The summed E-state index contributed by atoms with van der Waals surface area (Å²) in [4.78, 5) is 35.3. The molecular formula is C14H15NO6. The SMILES string of the molecule is O=C(O)C(=O)c1ccc(OCC(=O)N2CCOCC2)cc1. The highest BCUT2D eigenvalue weighted by Gasteiger charge is 2.17. The van der Waals surface area contributed by atoms with Crippen LogP contribution in [0.4, 0.5) is 0 Å². The number of nitrogens with zero attached hydrogens (tertiary/aromatic N) is 1. The standard InChI is InChI=1S/C14H15NO6/c16-12(15-5-7-20-8-6-15)9-21-11-3-1-10(2-4-11)13(17)14(18)19/h1-4H,5-9H2,(H,18,19). The number of Topliss-reactive ketones (excluding diaryl/α,β-unsaturated/α-hetero) is 1. The molecule has 0 aliphatic carbocycles. The summed E-state index contributed by atoms with van der Waals surface area (Å²) in [6.45, 7) is 2.05. The van der Waals surface area contributed by atoms with Gasteiger partial charge in [-0.05, 0) is 24.3 Å². The topological polar surface area (TPSA) is 93.1 Å². The highest BCUT2D eigenvalue weighted by Crippen LogP contribution is 2.13. The number of aliphatic carboxylic acids is 1. The van der Waals surface area contributed by atoms with E-state index in [2.05, 4.69) is 0 Å². The molecule has 0 saturated carbocycles. The molecule has 1 aromatic rings. The lowest BCUT2D eigenvalue weighted by molar-refractivity contribution is -0.137. The number of rotatable bonds is 5. The van der Waals surface area contributed by atoms with Crippen LogP contribution < -0.4 is 4.74 Å². The first-order valence-electron chi connectivity index (χ1n) is 6.44. The summed E-state index contributed by atoms with van der Waals surface area (Å²) in [5.74, 6) is -2.22. The van der Waals surface area contributed by atoms with Crippen molar-refractivity contribution in [3.63, 3.8) is 0 Å². The number of hydrogen-bond acceptors (Lipinski definition) is 5. The van der Waals surface area contributed by atoms with E-state index < -0.39 is 11.8 Å². The number of benzene rings is 1. The minimum Gasteiger partial charge on any atom is -0.484 e. The van der Waals surface area contributed by atoms with Crippen LogP contribution in [0.1, 0.15) is 10.4 Å². The lowest BCUT2D eigenvalue weighted by atomic mass is 10.1. The van der Waals surface area contributed by atoms with Crippen LogP contribution in [0.5, 0.6) is 5.75 Å². The number of carboxylic acids is 1. The summed E-state index contributed by atoms with van der Waals surface area (Å²) in [6, 6.07) is 5.63. The third kappa shape index (κ3) is 4.03. The van der Waals surface area contributed by atoms with Crippen LogP contribution in [-0.2, 0) is 14.3 Å². The third-order valence-electron chi connectivity index (χ3n) is 3.04. The van der Waals surface area contributed by atoms with Crippen LogP contribution in [0.15, 0.2) is 24.3 Å². The Labute approximate surface area is 121 Å². The Morgan fingerprint density at radius 3 is 2.33 bits per heavy atom. The molecule has 0 atom stereocenters. The molecule has 1 aromatic carbocycles. The lowest BCUT2D eigenvalue weighted by Crippen LogP contribution is -2.42. The van der Waals surface area contributed by atoms with Gasteiger partial charge in [0.25, 0.3) is 11.7 Å². The molecule has 1 heterocycles. The normalized spacial score (nSPS) is 14.6. The molecule has 1 aliphatic rings. The van der Waals surface area contributed by atoms with Gasteiger partial charge in [0.05, 0.1) is 13.2 Å². The van der Waals surface area contributed by atoms with E-state index in [1.54, 1.807) is 4.90 Å². The van der Waals surface area contributed by atoms with Gasteiger partial charge in [-0.25, -0.2) is 4.79 Å². The van der Waals surface area contributed by atoms with Gasteiger partial charge in [-0.2, -0.15) is 0 Å². The van der Waals surface area contributed by atoms with Crippen molar-refractivity contribution in [3.8, 4) is 5.75 Å². The number of carbonyl (C=O) groups excluding carboxylic acids is 2. The van der Waals surface area contributed by atoms with E-state index in [1.165, 1.54) is 24.3 Å². The van der Waals surface area contributed by atoms with E-state index in [0.29, 0.717) is 32.1 Å². The number of ether oxygens (including phenoxy) is 2. The zero-order chi connectivity index (χ0) is 15.2. The number of morpholine rings is 1. The monoisotopic (exact) mass is 293 g/mol. The first-order valence-corrected chi connectivity index (χ1v) is 6.44. The van der Waals surface area contributed by atoms with Gasteiger partial charge in [0, 0.05) is 18.7 Å². The van der Waals surface area contributed by atoms with Crippen molar-refractivity contribution >= 4 is 17.7 Å². The van der Waals surface area contributed by atoms with Gasteiger partial charge in [0.1, 0.15) is 5.75 Å². The molecule has 1 amide bonds. The maximum absolute atomic E-state index is 11.8. The average Bonchev–Trinajstić information content (AvgIpc) is 2.53. The molecule has 1 N–H and O–H groups in total. The number of carbonyl (C=O) groups is 3. The van der Waals surface area contributed by atoms with Crippen molar-refractivity contribution < 1.29 is 29.0 Å². The summed E-state index contributed by atoms with van der Waals surface area (Å²) in [5.41, 5.74) is 0.0642. The second kappa shape index (κ2) is 6.85. The van der Waals surface area contributed by atoms with Crippen LogP contribution in [-0.4, -0.2) is 60.6 Å². The first-order chi connectivity index (χ1) is 10.1. The van der Waals surface area contributed by atoms with Crippen molar-refractivity contribution in [1.82, 2.24) is 4.90 Å². The predicted octanol–water partition coefficient (Wildman–Crippen LogP) is 0.192. The molecule has 1 aliphatic heterocycles. The van der Waals surface area contributed by atoms with Gasteiger partial charge in [-0.1, -0.05) is 0 Å². The highest BCUT2D eigenvalue weighted by molar-refractivity contribution is 6.39. The number of amides is 1. The van der Waals surface area contributed by atoms with Crippen LogP contribution in [0.3, 0.4) is 0 Å². The maximum Gasteiger partial charge on any atom is 0.377 e. The molecule has 0 aromatic heterocycles. The minimum absolute atomic E-state index is 0.0642. The zero-order valence-electron chi connectivity index (χ0n) is 11.3. The molecule has 21 heavy (non-hydrogen) atoms. The Bertz CT molecular complexity index is 533. The largest absolute Gasteiger partial charge is 0.484 e. The smallest absolute Gasteiger partial charge is 0.377 e. The summed E-state index contributed by atoms with van der Waals surface area (Å²) < 4.78 is 10.5. The fourth-order valence-electron chi connectivity index (χ4n) is 1.88. The summed E-state index contributed by atoms with van der Waals surface area (Å²) in [5, 5.41) is 8.58. The van der Waals surface area contributed by atoms with E-state index in [1.807, 2.05) is 0 Å². The second-order valence-electron chi connectivity index (χ2n) is 4.44. The Morgan fingerprint density at radius 1 is 1.14 bits per heavy atom. The van der Waals surface area contributed by atoms with Gasteiger partial charge in [-0.3, -0.25) is 9.59 Å².